The number of urea groups is 1. The molecule has 2 N–H and O–H groups in total. The number of benzene rings is 1. The van der Waals surface area contributed by atoms with E-state index in [1.807, 2.05) is 7.05 Å². The molecule has 1 heterocycles. The summed E-state index contributed by atoms with van der Waals surface area (Å²) in [6.07, 6.45) is 1.30. The third kappa shape index (κ3) is 3.96. The Morgan fingerprint density at radius 2 is 2.08 bits per heavy atom. The number of ether oxygens (including phenoxy) is 1. The van der Waals surface area contributed by atoms with Crippen molar-refractivity contribution >= 4 is 6.03 Å². The number of halogens is 1. The lowest BCUT2D eigenvalue weighted by molar-refractivity contribution is -0.108. The number of hydrogen-bond donors (Lipinski definition) is 2. The minimum Gasteiger partial charge on any atom is -0.377 e. The van der Waals surface area contributed by atoms with Crippen LogP contribution in [0.1, 0.15) is 25.8 Å². The molecule has 25 heavy (non-hydrogen) atoms. The molecular formula is C19H28FN3O2. The van der Waals surface area contributed by atoms with Gasteiger partial charge in [0.15, 0.2) is 0 Å². The second-order valence-corrected chi connectivity index (χ2v) is 7.81. The van der Waals surface area contributed by atoms with Gasteiger partial charge in [-0.15, -0.1) is 0 Å². The molecule has 1 aromatic carbocycles. The van der Waals surface area contributed by atoms with Gasteiger partial charge in [0.25, 0.3) is 0 Å². The summed E-state index contributed by atoms with van der Waals surface area (Å²) in [5, 5.41) is 6.05. The lowest BCUT2D eigenvalue weighted by atomic mass is 9.57. The van der Waals surface area contributed by atoms with Gasteiger partial charge in [-0.25, -0.2) is 9.18 Å². The highest BCUT2D eigenvalue weighted by Crippen LogP contribution is 2.51. The molecule has 1 saturated heterocycles. The van der Waals surface area contributed by atoms with Crippen LogP contribution in [0, 0.1) is 17.2 Å². The van der Waals surface area contributed by atoms with Crippen LogP contribution in [-0.2, 0) is 11.3 Å². The standard InChI is InChI=1S/C19H28FN3O2/c1-19(2)16(15-8-11-25-17(15)19)22-18(24)21-9-10-23(3)12-13-4-6-14(20)7-5-13/h4-7,15-17H,8-12H2,1-3H3,(H2,21,22,24)/t15-,16-,17+/m1/s1. The zero-order valence-corrected chi connectivity index (χ0v) is 15.2. The van der Waals surface area contributed by atoms with E-state index in [0.29, 0.717) is 12.5 Å². The molecule has 0 aromatic heterocycles. The number of carbonyl (C=O) groups excluding carboxylic acids is 1. The normalized spacial score (nSPS) is 26.8. The average molecular weight is 349 g/mol. The van der Waals surface area contributed by atoms with Gasteiger partial charge >= 0.3 is 6.03 Å². The Hall–Kier alpha value is -1.66. The number of nitrogens with zero attached hydrogens (tertiary/aromatic N) is 1. The molecule has 0 bridgehead atoms. The Bertz CT molecular complexity index is 605. The summed E-state index contributed by atoms with van der Waals surface area (Å²) in [5.74, 6) is 0.223. The fourth-order valence-corrected chi connectivity index (χ4v) is 4.15. The number of rotatable bonds is 6. The predicted octanol–water partition coefficient (Wildman–Crippen LogP) is 2.37. The second-order valence-electron chi connectivity index (χ2n) is 7.81. The Morgan fingerprint density at radius 3 is 2.80 bits per heavy atom. The maximum atomic E-state index is 12.9. The van der Waals surface area contributed by atoms with E-state index in [2.05, 4.69) is 29.4 Å². The first kappa shape index (κ1) is 18.1. The van der Waals surface area contributed by atoms with Crippen molar-refractivity contribution in [3.63, 3.8) is 0 Å². The number of amides is 2. The molecule has 0 spiro atoms. The van der Waals surface area contributed by atoms with Crippen molar-refractivity contribution in [2.24, 2.45) is 11.3 Å². The van der Waals surface area contributed by atoms with E-state index in [9.17, 15) is 9.18 Å². The van der Waals surface area contributed by atoms with E-state index in [1.165, 1.54) is 12.1 Å². The summed E-state index contributed by atoms with van der Waals surface area (Å²) in [4.78, 5) is 14.3. The summed E-state index contributed by atoms with van der Waals surface area (Å²) >= 11 is 0. The maximum absolute atomic E-state index is 12.9. The average Bonchev–Trinajstić information content (AvgIpc) is 3.02. The Kier molecular flexibility index (Phi) is 5.29. The fourth-order valence-electron chi connectivity index (χ4n) is 4.15. The SMILES string of the molecule is CN(CCNC(=O)N[C@@H]1[C@H]2CCO[C@@H]2C1(C)C)Cc1ccc(F)cc1. The summed E-state index contributed by atoms with van der Waals surface area (Å²) in [6.45, 7) is 7.13. The van der Waals surface area contributed by atoms with E-state index in [0.717, 1.165) is 31.7 Å². The van der Waals surface area contributed by atoms with Crippen molar-refractivity contribution in [2.75, 3.05) is 26.7 Å². The minimum absolute atomic E-state index is 0.00210. The van der Waals surface area contributed by atoms with E-state index >= 15 is 0 Å². The maximum Gasteiger partial charge on any atom is 0.315 e. The van der Waals surface area contributed by atoms with Gasteiger partial charge in [0.1, 0.15) is 5.82 Å². The van der Waals surface area contributed by atoms with Crippen molar-refractivity contribution in [2.45, 2.75) is 39.0 Å². The van der Waals surface area contributed by atoms with Crippen LogP contribution < -0.4 is 10.6 Å². The van der Waals surface area contributed by atoms with Gasteiger partial charge < -0.3 is 20.3 Å². The number of nitrogens with one attached hydrogen (secondary N) is 2. The van der Waals surface area contributed by atoms with E-state index in [4.69, 9.17) is 4.74 Å². The minimum atomic E-state index is -0.224. The molecule has 5 nitrogen and oxygen atoms in total. The molecule has 138 valence electrons. The van der Waals surface area contributed by atoms with Crippen LogP contribution in [0.25, 0.3) is 0 Å². The highest BCUT2D eigenvalue weighted by Gasteiger charge is 2.59. The topological polar surface area (TPSA) is 53.6 Å². The Balaban J connectivity index is 1.37. The molecule has 2 amide bonds. The third-order valence-electron chi connectivity index (χ3n) is 5.53. The molecule has 2 fully saturated rings. The quantitative estimate of drug-likeness (QED) is 0.829. The summed E-state index contributed by atoms with van der Waals surface area (Å²) in [6, 6.07) is 6.57. The Morgan fingerprint density at radius 1 is 1.36 bits per heavy atom. The summed E-state index contributed by atoms with van der Waals surface area (Å²) in [7, 11) is 1.98. The molecule has 1 aliphatic carbocycles. The zero-order valence-electron chi connectivity index (χ0n) is 15.2. The molecule has 0 unspecified atom stereocenters. The molecule has 6 heteroatoms. The van der Waals surface area contributed by atoms with E-state index in [-0.39, 0.29) is 29.4 Å². The van der Waals surface area contributed by atoms with Gasteiger partial charge in [-0.3, -0.25) is 0 Å². The van der Waals surface area contributed by atoms with Gasteiger partial charge in [-0.2, -0.15) is 0 Å². The molecular weight excluding hydrogens is 321 g/mol. The highest BCUT2D eigenvalue weighted by atomic mass is 19.1. The Labute approximate surface area is 148 Å². The van der Waals surface area contributed by atoms with Crippen molar-refractivity contribution in [3.05, 3.63) is 35.6 Å². The van der Waals surface area contributed by atoms with Crippen LogP contribution in [-0.4, -0.2) is 49.8 Å². The van der Waals surface area contributed by atoms with Crippen molar-refractivity contribution < 1.29 is 13.9 Å². The number of fused-ring (bicyclic) bond motifs is 1. The van der Waals surface area contributed by atoms with Gasteiger partial charge in [0.2, 0.25) is 0 Å². The van der Waals surface area contributed by atoms with Crippen molar-refractivity contribution in [1.29, 1.82) is 0 Å². The first-order valence-electron chi connectivity index (χ1n) is 8.97. The van der Waals surface area contributed by atoms with Crippen LogP contribution >= 0.6 is 0 Å². The van der Waals surface area contributed by atoms with Gasteiger partial charge in [0.05, 0.1) is 6.10 Å². The molecule has 3 atom stereocenters. The second kappa shape index (κ2) is 7.30. The van der Waals surface area contributed by atoms with Crippen molar-refractivity contribution in [1.82, 2.24) is 15.5 Å². The van der Waals surface area contributed by atoms with Crippen LogP contribution in [0.15, 0.2) is 24.3 Å². The van der Waals surface area contributed by atoms with Crippen molar-refractivity contribution in [3.8, 4) is 0 Å². The van der Waals surface area contributed by atoms with E-state index in [1.54, 1.807) is 12.1 Å². The first-order chi connectivity index (χ1) is 11.9. The molecule has 1 aromatic rings. The predicted molar refractivity (Wildman–Crippen MR) is 94.7 cm³/mol. The number of hydrogen-bond acceptors (Lipinski definition) is 3. The van der Waals surface area contributed by atoms with E-state index < -0.39 is 0 Å². The smallest absolute Gasteiger partial charge is 0.315 e. The van der Waals surface area contributed by atoms with Gasteiger partial charge in [-0.1, -0.05) is 26.0 Å². The first-order valence-corrected chi connectivity index (χ1v) is 8.97. The molecule has 2 aliphatic rings. The van der Waals surface area contributed by atoms with Crippen LogP contribution in [0.4, 0.5) is 9.18 Å². The lowest BCUT2D eigenvalue weighted by Gasteiger charge is -2.54. The summed E-state index contributed by atoms with van der Waals surface area (Å²) in [5.41, 5.74) is 1.05. The van der Waals surface area contributed by atoms with Gasteiger partial charge in [0, 0.05) is 43.6 Å². The van der Waals surface area contributed by atoms with Gasteiger partial charge in [-0.05, 0) is 31.2 Å². The molecule has 1 saturated carbocycles. The fraction of sp³-hybridized carbons (Fsp3) is 0.632. The monoisotopic (exact) mass is 349 g/mol. The van der Waals surface area contributed by atoms with Crippen LogP contribution in [0.5, 0.6) is 0 Å². The molecule has 1 aliphatic heterocycles. The molecule has 3 rings (SSSR count). The lowest BCUT2D eigenvalue weighted by Crippen LogP contribution is -2.67. The van der Waals surface area contributed by atoms with Crippen LogP contribution in [0.2, 0.25) is 0 Å². The summed E-state index contributed by atoms with van der Waals surface area (Å²) < 4.78 is 18.7. The zero-order chi connectivity index (χ0) is 18.0. The third-order valence-corrected chi connectivity index (χ3v) is 5.53. The largest absolute Gasteiger partial charge is 0.377 e. The van der Waals surface area contributed by atoms with Crippen LogP contribution in [0.3, 0.4) is 0 Å². The highest BCUT2D eigenvalue weighted by molar-refractivity contribution is 5.74. The number of likely N-dealkylation sites (N-methyl/N-ethyl adjacent to an activating group) is 1. The number of carbonyl (C=O) groups is 1. The molecule has 0 radical (unpaired) electrons.